The van der Waals surface area contributed by atoms with Crippen LogP contribution in [0.4, 0.5) is 5.69 Å². The van der Waals surface area contributed by atoms with E-state index in [4.69, 9.17) is 4.42 Å². The van der Waals surface area contributed by atoms with E-state index in [2.05, 4.69) is 10.6 Å². The van der Waals surface area contributed by atoms with Crippen LogP contribution in [0.15, 0.2) is 47.1 Å². The van der Waals surface area contributed by atoms with Gasteiger partial charge in [-0.25, -0.2) is 0 Å². The molecule has 0 aliphatic heterocycles. The van der Waals surface area contributed by atoms with Crippen LogP contribution in [-0.4, -0.2) is 32.0 Å². The van der Waals surface area contributed by atoms with Crippen LogP contribution in [0.2, 0.25) is 0 Å². The molecule has 0 fully saturated rings. The standard InChI is InChI=1S/C19H25N3O3/c1-13(2)17(21-18(23)16-9-6-10-25-16)19(24)20-12-14-7-5-8-15(11-14)22(3)4/h5-11,13,17H,12H2,1-4H3,(H,20,24)(H,21,23)/t17-/m1/s1. The number of amides is 2. The minimum Gasteiger partial charge on any atom is -0.459 e. The summed E-state index contributed by atoms with van der Waals surface area (Å²) in [4.78, 5) is 26.6. The fourth-order valence-corrected chi connectivity index (χ4v) is 2.40. The summed E-state index contributed by atoms with van der Waals surface area (Å²) >= 11 is 0. The van der Waals surface area contributed by atoms with E-state index in [-0.39, 0.29) is 17.6 Å². The molecule has 0 saturated heterocycles. The molecule has 0 aliphatic rings. The number of hydrogen-bond donors (Lipinski definition) is 2. The van der Waals surface area contributed by atoms with Gasteiger partial charge in [0.1, 0.15) is 6.04 Å². The van der Waals surface area contributed by atoms with E-state index in [0.29, 0.717) is 6.54 Å². The summed E-state index contributed by atoms with van der Waals surface area (Å²) in [5, 5.41) is 5.63. The van der Waals surface area contributed by atoms with Crippen molar-refractivity contribution in [2.45, 2.75) is 26.4 Å². The third-order valence-corrected chi connectivity index (χ3v) is 3.87. The minimum absolute atomic E-state index is 0.0491. The number of nitrogens with zero attached hydrogens (tertiary/aromatic N) is 1. The minimum atomic E-state index is -0.630. The number of rotatable bonds is 7. The molecule has 0 unspecified atom stereocenters. The lowest BCUT2D eigenvalue weighted by atomic mass is 10.0. The fraction of sp³-hybridized carbons (Fsp3) is 0.368. The topological polar surface area (TPSA) is 74.6 Å². The Morgan fingerprint density at radius 3 is 2.52 bits per heavy atom. The van der Waals surface area contributed by atoms with Crippen LogP contribution >= 0.6 is 0 Å². The highest BCUT2D eigenvalue weighted by atomic mass is 16.3. The molecular formula is C19H25N3O3. The summed E-state index contributed by atoms with van der Waals surface area (Å²) < 4.78 is 5.07. The van der Waals surface area contributed by atoms with Gasteiger partial charge in [-0.2, -0.15) is 0 Å². The molecule has 0 aliphatic carbocycles. The molecule has 0 saturated carbocycles. The molecule has 2 rings (SSSR count). The molecule has 0 bridgehead atoms. The van der Waals surface area contributed by atoms with Crippen molar-refractivity contribution in [3.8, 4) is 0 Å². The van der Waals surface area contributed by atoms with Crippen molar-refractivity contribution in [3.05, 3.63) is 54.0 Å². The highest BCUT2D eigenvalue weighted by molar-refractivity contribution is 5.95. The van der Waals surface area contributed by atoms with Crippen molar-refractivity contribution in [2.24, 2.45) is 5.92 Å². The molecule has 1 atom stereocenters. The molecule has 1 aromatic carbocycles. The van der Waals surface area contributed by atoms with Gasteiger partial charge in [0.2, 0.25) is 5.91 Å². The van der Waals surface area contributed by atoms with Gasteiger partial charge >= 0.3 is 0 Å². The van der Waals surface area contributed by atoms with E-state index < -0.39 is 11.9 Å². The molecule has 134 valence electrons. The first-order chi connectivity index (χ1) is 11.9. The molecule has 2 amide bonds. The Hall–Kier alpha value is -2.76. The van der Waals surface area contributed by atoms with Crippen LogP contribution in [0.1, 0.15) is 30.0 Å². The molecule has 2 aromatic rings. The maximum atomic E-state index is 12.5. The second kappa shape index (κ2) is 8.37. The van der Waals surface area contributed by atoms with Gasteiger partial charge in [0.05, 0.1) is 6.26 Å². The van der Waals surface area contributed by atoms with Crippen LogP contribution in [0, 0.1) is 5.92 Å². The SMILES string of the molecule is CC(C)[C@@H](NC(=O)c1ccco1)C(=O)NCc1cccc(N(C)C)c1. The van der Waals surface area contributed by atoms with Crippen molar-refractivity contribution in [2.75, 3.05) is 19.0 Å². The second-order valence-electron chi connectivity index (χ2n) is 6.45. The van der Waals surface area contributed by atoms with Gasteiger partial charge in [0.15, 0.2) is 5.76 Å². The van der Waals surface area contributed by atoms with Gasteiger partial charge in [-0.3, -0.25) is 9.59 Å². The van der Waals surface area contributed by atoms with Gasteiger partial charge in [-0.15, -0.1) is 0 Å². The molecule has 1 heterocycles. The number of furan rings is 1. The summed E-state index contributed by atoms with van der Waals surface area (Å²) in [5.41, 5.74) is 2.07. The lowest BCUT2D eigenvalue weighted by Gasteiger charge is -2.21. The Morgan fingerprint density at radius 1 is 1.16 bits per heavy atom. The number of anilines is 1. The maximum Gasteiger partial charge on any atom is 0.287 e. The van der Waals surface area contributed by atoms with Gasteiger partial charge in [-0.05, 0) is 35.7 Å². The van der Waals surface area contributed by atoms with Crippen molar-refractivity contribution in [3.63, 3.8) is 0 Å². The summed E-state index contributed by atoms with van der Waals surface area (Å²) in [6.07, 6.45) is 1.43. The van der Waals surface area contributed by atoms with E-state index in [1.807, 2.05) is 57.1 Å². The Balaban J connectivity index is 1.98. The lowest BCUT2D eigenvalue weighted by Crippen LogP contribution is -2.49. The molecule has 6 nitrogen and oxygen atoms in total. The Labute approximate surface area is 148 Å². The predicted octanol–water partition coefficient (Wildman–Crippen LogP) is 2.42. The van der Waals surface area contributed by atoms with Gasteiger partial charge in [0.25, 0.3) is 5.91 Å². The highest BCUT2D eigenvalue weighted by Crippen LogP contribution is 2.13. The van der Waals surface area contributed by atoms with Crippen LogP contribution < -0.4 is 15.5 Å². The molecule has 2 N–H and O–H groups in total. The molecule has 6 heteroatoms. The average molecular weight is 343 g/mol. The van der Waals surface area contributed by atoms with E-state index in [9.17, 15) is 9.59 Å². The third-order valence-electron chi connectivity index (χ3n) is 3.87. The lowest BCUT2D eigenvalue weighted by molar-refractivity contribution is -0.124. The second-order valence-corrected chi connectivity index (χ2v) is 6.45. The van der Waals surface area contributed by atoms with Crippen LogP contribution in [0.3, 0.4) is 0 Å². The van der Waals surface area contributed by atoms with Gasteiger partial charge < -0.3 is 20.0 Å². The van der Waals surface area contributed by atoms with E-state index in [1.165, 1.54) is 6.26 Å². The maximum absolute atomic E-state index is 12.5. The number of carbonyl (C=O) groups excluding carboxylic acids is 2. The van der Waals surface area contributed by atoms with Gasteiger partial charge in [0, 0.05) is 26.3 Å². The van der Waals surface area contributed by atoms with Gasteiger partial charge in [-0.1, -0.05) is 26.0 Å². The molecule has 25 heavy (non-hydrogen) atoms. The van der Waals surface area contributed by atoms with E-state index >= 15 is 0 Å². The molecule has 1 aromatic heterocycles. The fourth-order valence-electron chi connectivity index (χ4n) is 2.40. The quantitative estimate of drug-likeness (QED) is 0.810. The Kier molecular flexibility index (Phi) is 6.22. The van der Waals surface area contributed by atoms with Crippen molar-refractivity contribution < 1.29 is 14.0 Å². The van der Waals surface area contributed by atoms with Crippen LogP contribution in [0.5, 0.6) is 0 Å². The number of benzene rings is 1. The highest BCUT2D eigenvalue weighted by Gasteiger charge is 2.25. The smallest absolute Gasteiger partial charge is 0.287 e. The third kappa shape index (κ3) is 5.11. The van der Waals surface area contributed by atoms with Crippen molar-refractivity contribution in [1.82, 2.24) is 10.6 Å². The predicted molar refractivity (Wildman–Crippen MR) is 97.4 cm³/mol. The summed E-state index contributed by atoms with van der Waals surface area (Å²) in [7, 11) is 3.94. The largest absolute Gasteiger partial charge is 0.459 e. The van der Waals surface area contributed by atoms with Crippen LogP contribution in [-0.2, 0) is 11.3 Å². The monoisotopic (exact) mass is 343 g/mol. The zero-order valence-corrected chi connectivity index (χ0v) is 15.1. The molecule has 0 radical (unpaired) electrons. The van der Waals surface area contributed by atoms with Crippen molar-refractivity contribution >= 4 is 17.5 Å². The first kappa shape index (κ1) is 18.6. The summed E-state index contributed by atoms with van der Waals surface area (Å²) in [6, 6.07) is 10.5. The van der Waals surface area contributed by atoms with E-state index in [0.717, 1.165) is 11.3 Å². The van der Waals surface area contributed by atoms with Crippen LogP contribution in [0.25, 0.3) is 0 Å². The van der Waals surface area contributed by atoms with E-state index in [1.54, 1.807) is 12.1 Å². The molecular weight excluding hydrogens is 318 g/mol. The normalized spacial score (nSPS) is 11.9. The average Bonchev–Trinajstić information content (AvgIpc) is 3.12. The summed E-state index contributed by atoms with van der Waals surface area (Å²) in [5.74, 6) is -0.470. The summed E-state index contributed by atoms with van der Waals surface area (Å²) in [6.45, 7) is 4.18. The number of carbonyl (C=O) groups is 2. The van der Waals surface area contributed by atoms with Crippen molar-refractivity contribution in [1.29, 1.82) is 0 Å². The number of hydrogen-bond acceptors (Lipinski definition) is 4. The zero-order valence-electron chi connectivity index (χ0n) is 15.1. The molecule has 0 spiro atoms. The first-order valence-corrected chi connectivity index (χ1v) is 8.27. The Bertz CT molecular complexity index is 708. The first-order valence-electron chi connectivity index (χ1n) is 8.27. The zero-order chi connectivity index (χ0) is 18.4. The number of nitrogens with one attached hydrogen (secondary N) is 2. The Morgan fingerprint density at radius 2 is 1.92 bits per heavy atom.